The number of hydrogen-bond acceptors (Lipinski definition) is 4. The van der Waals surface area contributed by atoms with E-state index >= 15 is 0 Å². The molecule has 0 unspecified atom stereocenters. The highest BCUT2D eigenvalue weighted by Gasteiger charge is 2.13. The van der Waals surface area contributed by atoms with Gasteiger partial charge in [-0.3, -0.25) is 4.79 Å². The number of nitrogens with one attached hydrogen (secondary N) is 1. The number of nitrogens with zero attached hydrogens (tertiary/aromatic N) is 2. The fourth-order valence-corrected chi connectivity index (χ4v) is 3.25. The van der Waals surface area contributed by atoms with Gasteiger partial charge in [0.05, 0.1) is 30.1 Å². The summed E-state index contributed by atoms with van der Waals surface area (Å²) in [5.41, 5.74) is 6.14. The second kappa shape index (κ2) is 8.76. The highest BCUT2D eigenvalue weighted by molar-refractivity contribution is 6.30. The third kappa shape index (κ3) is 4.16. The average molecular weight is 416 g/mol. The lowest BCUT2D eigenvalue weighted by Gasteiger charge is -2.09. The van der Waals surface area contributed by atoms with E-state index < -0.39 is 0 Å². The maximum Gasteiger partial charge on any atom is 0.272 e. The number of methoxy groups -OCH3 is 1. The van der Waals surface area contributed by atoms with Gasteiger partial charge in [-0.05, 0) is 36.4 Å². The van der Waals surface area contributed by atoms with Crippen LogP contribution in [0.1, 0.15) is 15.9 Å². The van der Waals surface area contributed by atoms with E-state index in [1.807, 2.05) is 60.7 Å². The monoisotopic (exact) mass is 415 g/mol. The molecule has 0 spiro atoms. The molecular formula is C24H18ClN3O2. The van der Waals surface area contributed by atoms with Gasteiger partial charge in [0.25, 0.3) is 5.91 Å². The summed E-state index contributed by atoms with van der Waals surface area (Å²) in [6.45, 7) is 0. The number of hydrogen-bond donors (Lipinski definition) is 1. The summed E-state index contributed by atoms with van der Waals surface area (Å²) >= 11 is 6.00. The van der Waals surface area contributed by atoms with Crippen molar-refractivity contribution in [3.8, 4) is 17.0 Å². The highest BCUT2D eigenvalue weighted by atomic mass is 35.5. The smallest absolute Gasteiger partial charge is 0.272 e. The van der Waals surface area contributed by atoms with Crippen molar-refractivity contribution in [2.75, 3.05) is 7.11 Å². The van der Waals surface area contributed by atoms with Crippen LogP contribution in [0.4, 0.5) is 0 Å². The van der Waals surface area contributed by atoms with Crippen LogP contribution in [-0.4, -0.2) is 24.2 Å². The number of benzene rings is 3. The Morgan fingerprint density at radius 3 is 2.57 bits per heavy atom. The number of aromatic nitrogens is 1. The van der Waals surface area contributed by atoms with Gasteiger partial charge in [-0.1, -0.05) is 54.1 Å². The van der Waals surface area contributed by atoms with Crippen molar-refractivity contribution < 1.29 is 9.53 Å². The maximum absolute atomic E-state index is 12.9. The quantitative estimate of drug-likeness (QED) is 0.354. The maximum atomic E-state index is 12.9. The molecule has 1 aromatic heterocycles. The average Bonchev–Trinajstić information content (AvgIpc) is 2.79. The normalized spacial score (nSPS) is 11.0. The number of amides is 1. The van der Waals surface area contributed by atoms with Crippen LogP contribution in [0.15, 0.2) is 84.0 Å². The van der Waals surface area contributed by atoms with Gasteiger partial charge in [-0.2, -0.15) is 5.10 Å². The van der Waals surface area contributed by atoms with Crippen LogP contribution in [0, 0.1) is 0 Å². The first-order chi connectivity index (χ1) is 14.7. The molecule has 1 amide bonds. The van der Waals surface area contributed by atoms with Crippen LogP contribution in [-0.2, 0) is 0 Å². The standard InChI is InChI=1S/C24H18ClN3O2/c1-30-23-9-5-2-6-17(23)15-26-28-24(29)20-14-22(16-10-12-18(25)13-11-16)27-21-8-4-3-7-19(20)21/h2-15H,1H3,(H,28,29). The predicted molar refractivity (Wildman–Crippen MR) is 120 cm³/mol. The summed E-state index contributed by atoms with van der Waals surface area (Å²) in [6, 6.07) is 24.1. The topological polar surface area (TPSA) is 63.6 Å². The van der Waals surface area contributed by atoms with Crippen molar-refractivity contribution in [2.24, 2.45) is 5.10 Å². The van der Waals surface area contributed by atoms with E-state index in [1.165, 1.54) is 0 Å². The van der Waals surface area contributed by atoms with Crippen molar-refractivity contribution in [3.05, 3.63) is 95.0 Å². The third-order valence-corrected chi connectivity index (χ3v) is 4.86. The number of fused-ring (bicyclic) bond motifs is 1. The Labute approximate surface area is 179 Å². The summed E-state index contributed by atoms with van der Waals surface area (Å²) in [5.74, 6) is 0.352. The molecule has 1 N–H and O–H groups in total. The zero-order valence-electron chi connectivity index (χ0n) is 16.2. The van der Waals surface area contributed by atoms with E-state index in [-0.39, 0.29) is 5.91 Å². The molecule has 0 radical (unpaired) electrons. The molecule has 30 heavy (non-hydrogen) atoms. The van der Waals surface area contributed by atoms with Gasteiger partial charge < -0.3 is 4.74 Å². The van der Waals surface area contributed by atoms with Crippen LogP contribution >= 0.6 is 11.6 Å². The molecule has 0 saturated heterocycles. The van der Waals surface area contributed by atoms with E-state index in [9.17, 15) is 4.79 Å². The van der Waals surface area contributed by atoms with Gasteiger partial charge in [0, 0.05) is 21.5 Å². The lowest BCUT2D eigenvalue weighted by molar-refractivity contribution is 0.0956. The van der Waals surface area contributed by atoms with Crippen molar-refractivity contribution in [3.63, 3.8) is 0 Å². The number of pyridine rings is 1. The second-order valence-corrected chi connectivity index (χ2v) is 6.96. The largest absolute Gasteiger partial charge is 0.496 e. The Bertz CT molecular complexity index is 1240. The molecule has 148 valence electrons. The number of carbonyl (C=O) groups is 1. The van der Waals surface area contributed by atoms with E-state index in [1.54, 1.807) is 31.5 Å². The van der Waals surface area contributed by atoms with Crippen LogP contribution in [0.2, 0.25) is 5.02 Å². The van der Waals surface area contributed by atoms with E-state index in [0.29, 0.717) is 22.0 Å². The minimum absolute atomic E-state index is 0.324. The summed E-state index contributed by atoms with van der Waals surface area (Å²) in [7, 11) is 1.59. The van der Waals surface area contributed by atoms with E-state index in [4.69, 9.17) is 21.3 Å². The number of para-hydroxylation sites is 2. The minimum atomic E-state index is -0.324. The minimum Gasteiger partial charge on any atom is -0.496 e. The number of halogens is 1. The molecule has 0 saturated carbocycles. The Hall–Kier alpha value is -3.70. The Kier molecular flexibility index (Phi) is 5.72. The lowest BCUT2D eigenvalue weighted by atomic mass is 10.0. The van der Waals surface area contributed by atoms with Gasteiger partial charge in [0.15, 0.2) is 0 Å². The summed E-state index contributed by atoms with van der Waals surface area (Å²) in [4.78, 5) is 17.6. The van der Waals surface area contributed by atoms with Crippen LogP contribution in [0.3, 0.4) is 0 Å². The lowest BCUT2D eigenvalue weighted by Crippen LogP contribution is -2.18. The van der Waals surface area contributed by atoms with Crippen molar-refractivity contribution in [2.45, 2.75) is 0 Å². The fourth-order valence-electron chi connectivity index (χ4n) is 3.13. The number of carbonyl (C=O) groups excluding carboxylic acids is 1. The molecule has 0 aliphatic rings. The number of hydrazone groups is 1. The van der Waals surface area contributed by atoms with E-state index in [2.05, 4.69) is 10.5 Å². The summed E-state index contributed by atoms with van der Waals surface area (Å²) in [5, 5.41) is 5.50. The molecule has 4 rings (SSSR count). The van der Waals surface area contributed by atoms with Gasteiger partial charge in [0.2, 0.25) is 0 Å². The van der Waals surface area contributed by atoms with Crippen LogP contribution in [0.25, 0.3) is 22.2 Å². The third-order valence-electron chi connectivity index (χ3n) is 4.61. The summed E-state index contributed by atoms with van der Waals surface area (Å²) in [6.07, 6.45) is 1.56. The molecule has 0 fully saturated rings. The molecule has 0 aliphatic heterocycles. The molecule has 3 aromatic carbocycles. The SMILES string of the molecule is COc1ccccc1C=NNC(=O)c1cc(-c2ccc(Cl)cc2)nc2ccccc12. The predicted octanol–water partition coefficient (Wildman–Crippen LogP) is 5.33. The Morgan fingerprint density at radius 2 is 1.77 bits per heavy atom. The summed E-state index contributed by atoms with van der Waals surface area (Å²) < 4.78 is 5.30. The number of ether oxygens (including phenoxy) is 1. The van der Waals surface area contributed by atoms with Gasteiger partial charge in [-0.25, -0.2) is 10.4 Å². The molecule has 4 aromatic rings. The second-order valence-electron chi connectivity index (χ2n) is 6.52. The van der Waals surface area contributed by atoms with Gasteiger partial charge >= 0.3 is 0 Å². The Balaban J connectivity index is 1.67. The first-order valence-electron chi connectivity index (χ1n) is 9.28. The zero-order valence-corrected chi connectivity index (χ0v) is 16.9. The molecular weight excluding hydrogens is 398 g/mol. The fraction of sp³-hybridized carbons (Fsp3) is 0.0417. The van der Waals surface area contributed by atoms with Crippen molar-refractivity contribution in [1.82, 2.24) is 10.4 Å². The number of rotatable bonds is 5. The zero-order chi connectivity index (χ0) is 20.9. The van der Waals surface area contributed by atoms with Crippen LogP contribution in [0.5, 0.6) is 5.75 Å². The first-order valence-corrected chi connectivity index (χ1v) is 9.65. The van der Waals surface area contributed by atoms with Gasteiger partial charge in [0.1, 0.15) is 5.75 Å². The van der Waals surface area contributed by atoms with Gasteiger partial charge in [-0.15, -0.1) is 0 Å². The molecule has 0 bridgehead atoms. The Morgan fingerprint density at radius 1 is 1.03 bits per heavy atom. The van der Waals surface area contributed by atoms with Crippen molar-refractivity contribution in [1.29, 1.82) is 0 Å². The molecule has 6 heteroatoms. The highest BCUT2D eigenvalue weighted by Crippen LogP contribution is 2.26. The molecule has 0 atom stereocenters. The van der Waals surface area contributed by atoms with Crippen molar-refractivity contribution >= 4 is 34.6 Å². The first kappa shape index (κ1) is 19.6. The molecule has 5 nitrogen and oxygen atoms in total. The molecule has 1 heterocycles. The van der Waals surface area contributed by atoms with E-state index in [0.717, 1.165) is 22.0 Å². The molecule has 0 aliphatic carbocycles. The van der Waals surface area contributed by atoms with Crippen LogP contribution < -0.4 is 10.2 Å².